The summed E-state index contributed by atoms with van der Waals surface area (Å²) in [4.78, 5) is 0. The molecule has 0 saturated carbocycles. The first-order valence-electron chi connectivity index (χ1n) is 6.51. The predicted molar refractivity (Wildman–Crippen MR) is 74.7 cm³/mol. The van der Waals surface area contributed by atoms with Crippen molar-refractivity contribution in [2.45, 2.75) is 42.4 Å². The third-order valence-corrected chi connectivity index (χ3v) is 4.22. The Hall–Kier alpha value is -1.96. The Kier molecular flexibility index (Phi) is 3.64. The van der Waals surface area contributed by atoms with Crippen molar-refractivity contribution in [3.8, 4) is 0 Å². The van der Waals surface area contributed by atoms with Crippen molar-refractivity contribution >= 4 is 17.6 Å². The van der Waals surface area contributed by atoms with E-state index in [1.807, 2.05) is 0 Å². The molecule has 7 nitrogen and oxygen atoms in total. The molecular weight excluding hydrogens is 274 g/mol. The van der Waals surface area contributed by atoms with Crippen LogP contribution in [0.4, 0.5) is 0 Å². The molecule has 3 rings (SSSR count). The minimum Gasteiger partial charge on any atom is -0.384 e. The van der Waals surface area contributed by atoms with Gasteiger partial charge in [0.15, 0.2) is 5.16 Å². The van der Waals surface area contributed by atoms with Crippen molar-refractivity contribution < 1.29 is 0 Å². The Balaban J connectivity index is 1.92. The Morgan fingerprint density at radius 1 is 1.25 bits per heavy atom. The van der Waals surface area contributed by atoms with Gasteiger partial charge in [0.1, 0.15) is 16.7 Å². The molecule has 1 aliphatic rings. The van der Waals surface area contributed by atoms with Crippen molar-refractivity contribution in [1.82, 2.24) is 25.0 Å². The monoisotopic (exact) mass is 289 g/mol. The van der Waals surface area contributed by atoms with Gasteiger partial charge in [-0.15, -0.1) is 15.3 Å². The standard InChI is InChI=1S/C12H15N7S/c13-10(14)8-5-6-15-17-11(8)20-12-18-16-9-4-2-1-3-7-19(9)12/h5-6H,1-4,7H2,(H3,13,14). The Bertz CT molecular complexity index is 636. The van der Waals surface area contributed by atoms with Crippen LogP contribution in [0.2, 0.25) is 0 Å². The van der Waals surface area contributed by atoms with Gasteiger partial charge in [0.2, 0.25) is 0 Å². The molecule has 0 saturated heterocycles. The second-order valence-corrected chi connectivity index (χ2v) is 5.58. The number of nitrogens with two attached hydrogens (primary N) is 1. The first-order chi connectivity index (χ1) is 9.75. The maximum Gasteiger partial charge on any atom is 0.197 e. The van der Waals surface area contributed by atoms with E-state index in [1.54, 1.807) is 6.07 Å². The number of hydrogen-bond donors (Lipinski definition) is 2. The molecular formula is C12H15N7S. The van der Waals surface area contributed by atoms with Crippen LogP contribution in [0.1, 0.15) is 30.7 Å². The van der Waals surface area contributed by atoms with Crippen LogP contribution in [0.5, 0.6) is 0 Å². The second-order valence-electron chi connectivity index (χ2n) is 4.63. The molecule has 0 fully saturated rings. The molecule has 3 heterocycles. The molecule has 0 unspecified atom stereocenters. The van der Waals surface area contributed by atoms with E-state index in [-0.39, 0.29) is 5.84 Å². The van der Waals surface area contributed by atoms with E-state index in [9.17, 15) is 0 Å². The molecule has 20 heavy (non-hydrogen) atoms. The van der Waals surface area contributed by atoms with Crippen molar-refractivity contribution in [2.24, 2.45) is 5.73 Å². The van der Waals surface area contributed by atoms with Gasteiger partial charge in [0.25, 0.3) is 0 Å². The summed E-state index contributed by atoms with van der Waals surface area (Å²) in [7, 11) is 0. The maximum atomic E-state index is 7.58. The van der Waals surface area contributed by atoms with Gasteiger partial charge in [0.05, 0.1) is 11.8 Å². The van der Waals surface area contributed by atoms with Gasteiger partial charge >= 0.3 is 0 Å². The molecule has 0 radical (unpaired) electrons. The molecule has 0 aromatic carbocycles. The summed E-state index contributed by atoms with van der Waals surface area (Å²) < 4.78 is 2.14. The zero-order valence-corrected chi connectivity index (χ0v) is 11.7. The molecule has 104 valence electrons. The summed E-state index contributed by atoms with van der Waals surface area (Å²) in [5.74, 6) is 1.01. The predicted octanol–water partition coefficient (Wildman–Crippen LogP) is 1.23. The van der Waals surface area contributed by atoms with Crippen molar-refractivity contribution in [1.29, 1.82) is 5.41 Å². The molecule has 0 aliphatic carbocycles. The van der Waals surface area contributed by atoms with E-state index in [0.717, 1.165) is 36.8 Å². The summed E-state index contributed by atoms with van der Waals surface area (Å²) in [6.07, 6.45) is 6.02. The summed E-state index contributed by atoms with van der Waals surface area (Å²) >= 11 is 1.37. The third kappa shape index (κ3) is 2.51. The van der Waals surface area contributed by atoms with Crippen LogP contribution in [0.15, 0.2) is 22.4 Å². The lowest BCUT2D eigenvalue weighted by atomic mass is 10.2. The first kappa shape index (κ1) is 13.0. The molecule has 8 heteroatoms. The van der Waals surface area contributed by atoms with Crippen LogP contribution in [-0.2, 0) is 13.0 Å². The van der Waals surface area contributed by atoms with Gasteiger partial charge in [0, 0.05) is 13.0 Å². The van der Waals surface area contributed by atoms with Crippen LogP contribution in [-0.4, -0.2) is 30.8 Å². The minimum atomic E-state index is -0.0157. The fraction of sp³-hybridized carbons (Fsp3) is 0.417. The van der Waals surface area contributed by atoms with Crippen LogP contribution in [0, 0.1) is 5.41 Å². The lowest BCUT2D eigenvalue weighted by Gasteiger charge is -2.07. The fourth-order valence-electron chi connectivity index (χ4n) is 2.22. The van der Waals surface area contributed by atoms with Crippen LogP contribution < -0.4 is 5.73 Å². The summed E-state index contributed by atoms with van der Waals surface area (Å²) in [5, 5.41) is 25.4. The molecule has 2 aromatic heterocycles. The number of hydrogen-bond acceptors (Lipinski definition) is 6. The van der Waals surface area contributed by atoms with E-state index < -0.39 is 0 Å². The van der Waals surface area contributed by atoms with Crippen molar-refractivity contribution in [3.05, 3.63) is 23.7 Å². The highest BCUT2D eigenvalue weighted by Gasteiger charge is 2.18. The molecule has 0 atom stereocenters. The number of nitrogen functional groups attached to an aromatic ring is 1. The van der Waals surface area contributed by atoms with E-state index in [0.29, 0.717) is 10.6 Å². The number of nitrogens with one attached hydrogen (secondary N) is 1. The van der Waals surface area contributed by atoms with E-state index in [2.05, 4.69) is 25.0 Å². The molecule has 0 amide bonds. The molecule has 1 aliphatic heterocycles. The van der Waals surface area contributed by atoms with Crippen LogP contribution in [0.3, 0.4) is 0 Å². The second kappa shape index (κ2) is 5.58. The number of nitrogens with zero attached hydrogens (tertiary/aromatic N) is 5. The van der Waals surface area contributed by atoms with Gasteiger partial charge in [-0.2, -0.15) is 5.10 Å². The van der Waals surface area contributed by atoms with E-state index in [4.69, 9.17) is 11.1 Å². The summed E-state index contributed by atoms with van der Waals surface area (Å²) in [5.41, 5.74) is 6.15. The lowest BCUT2D eigenvalue weighted by Crippen LogP contribution is -2.13. The Morgan fingerprint density at radius 2 is 2.15 bits per heavy atom. The first-order valence-corrected chi connectivity index (χ1v) is 7.33. The molecule has 0 bridgehead atoms. The van der Waals surface area contributed by atoms with Crippen LogP contribution in [0.25, 0.3) is 0 Å². The van der Waals surface area contributed by atoms with Crippen molar-refractivity contribution in [2.75, 3.05) is 0 Å². The highest BCUT2D eigenvalue weighted by atomic mass is 32.2. The average Bonchev–Trinajstić information content (AvgIpc) is 2.68. The number of rotatable bonds is 3. The van der Waals surface area contributed by atoms with E-state index in [1.165, 1.54) is 24.4 Å². The summed E-state index contributed by atoms with van der Waals surface area (Å²) in [6.45, 7) is 0.931. The van der Waals surface area contributed by atoms with Crippen molar-refractivity contribution in [3.63, 3.8) is 0 Å². The minimum absolute atomic E-state index is 0.0157. The molecule has 0 spiro atoms. The molecule has 3 N–H and O–H groups in total. The quantitative estimate of drug-likeness (QED) is 0.650. The normalized spacial score (nSPS) is 14.6. The number of fused-ring (bicyclic) bond motifs is 1. The summed E-state index contributed by atoms with van der Waals surface area (Å²) in [6, 6.07) is 1.69. The van der Waals surface area contributed by atoms with Gasteiger partial charge in [-0.05, 0) is 30.7 Å². The largest absolute Gasteiger partial charge is 0.384 e. The number of aryl methyl sites for hydroxylation is 1. The van der Waals surface area contributed by atoms with Gasteiger partial charge in [-0.25, -0.2) is 0 Å². The lowest BCUT2D eigenvalue weighted by molar-refractivity contribution is 0.590. The Morgan fingerprint density at radius 3 is 3.00 bits per heavy atom. The highest BCUT2D eigenvalue weighted by Crippen LogP contribution is 2.28. The van der Waals surface area contributed by atoms with Gasteiger partial charge in [-0.1, -0.05) is 6.42 Å². The highest BCUT2D eigenvalue weighted by molar-refractivity contribution is 7.99. The van der Waals surface area contributed by atoms with Gasteiger partial charge in [-0.3, -0.25) is 5.41 Å². The zero-order valence-electron chi connectivity index (χ0n) is 10.9. The van der Waals surface area contributed by atoms with E-state index >= 15 is 0 Å². The van der Waals surface area contributed by atoms with Crippen LogP contribution >= 0.6 is 11.8 Å². The SMILES string of the molecule is N=C(N)c1ccnnc1Sc1nnc2n1CCCCC2. The number of amidine groups is 1. The average molecular weight is 289 g/mol. The third-order valence-electron chi connectivity index (χ3n) is 3.24. The molecule has 2 aromatic rings. The number of aromatic nitrogens is 5. The van der Waals surface area contributed by atoms with Gasteiger partial charge < -0.3 is 10.3 Å². The maximum absolute atomic E-state index is 7.58. The fourth-order valence-corrected chi connectivity index (χ4v) is 3.16. The smallest absolute Gasteiger partial charge is 0.197 e. The topological polar surface area (TPSA) is 106 Å². The Labute approximate surface area is 120 Å². The zero-order chi connectivity index (χ0) is 13.9.